The maximum Gasteiger partial charge on any atom is 0.243 e. The molecule has 30 heavy (non-hydrogen) atoms. The van der Waals surface area contributed by atoms with Crippen LogP contribution in [0.3, 0.4) is 0 Å². The number of nitrogens with zero attached hydrogens (tertiary/aromatic N) is 1. The predicted molar refractivity (Wildman–Crippen MR) is 103 cm³/mol. The third-order valence-corrected chi connectivity index (χ3v) is 4.60. The maximum atomic E-state index is 13.6. The van der Waals surface area contributed by atoms with Crippen molar-refractivity contribution in [3.63, 3.8) is 0 Å². The van der Waals surface area contributed by atoms with E-state index in [2.05, 4.69) is 10.6 Å². The van der Waals surface area contributed by atoms with Crippen LogP contribution in [0.5, 0.6) is 0 Å². The summed E-state index contributed by atoms with van der Waals surface area (Å²) in [7, 11) is 0. The molecular formula is C21H18F3N3O3. The Hall–Kier alpha value is -3.62. The fourth-order valence-corrected chi connectivity index (χ4v) is 3.16. The third kappa shape index (κ3) is 4.51. The van der Waals surface area contributed by atoms with Crippen LogP contribution in [-0.4, -0.2) is 29.2 Å². The highest BCUT2D eigenvalue weighted by Gasteiger charge is 2.28. The quantitative estimate of drug-likeness (QED) is 0.734. The summed E-state index contributed by atoms with van der Waals surface area (Å²) in [5, 5.41) is 4.45. The smallest absolute Gasteiger partial charge is 0.243 e. The lowest BCUT2D eigenvalue weighted by molar-refractivity contribution is -0.130. The van der Waals surface area contributed by atoms with Gasteiger partial charge in [-0.05, 0) is 29.3 Å². The Morgan fingerprint density at radius 1 is 1.00 bits per heavy atom. The van der Waals surface area contributed by atoms with E-state index in [4.69, 9.17) is 0 Å². The molecule has 0 saturated carbocycles. The van der Waals surface area contributed by atoms with E-state index in [1.807, 2.05) is 18.2 Å². The van der Waals surface area contributed by atoms with Gasteiger partial charge in [0.25, 0.3) is 0 Å². The van der Waals surface area contributed by atoms with E-state index >= 15 is 0 Å². The highest BCUT2D eigenvalue weighted by Crippen LogP contribution is 2.32. The highest BCUT2D eigenvalue weighted by molar-refractivity contribution is 5.94. The molecule has 1 heterocycles. The first-order chi connectivity index (χ1) is 14.3. The number of halogens is 3. The van der Waals surface area contributed by atoms with Crippen molar-refractivity contribution in [3.05, 3.63) is 71.2 Å². The van der Waals surface area contributed by atoms with E-state index in [0.29, 0.717) is 6.07 Å². The van der Waals surface area contributed by atoms with E-state index in [1.165, 1.54) is 11.8 Å². The van der Waals surface area contributed by atoms with E-state index < -0.39 is 47.5 Å². The Balaban J connectivity index is 1.62. The second-order valence-electron chi connectivity index (χ2n) is 6.64. The zero-order chi connectivity index (χ0) is 21.8. The largest absolute Gasteiger partial charge is 0.347 e. The van der Waals surface area contributed by atoms with Gasteiger partial charge in [-0.25, -0.2) is 13.2 Å². The van der Waals surface area contributed by atoms with Gasteiger partial charge in [-0.3, -0.25) is 14.4 Å². The number of anilines is 1. The molecule has 0 saturated heterocycles. The molecule has 0 spiro atoms. The number of rotatable bonds is 5. The number of benzene rings is 2. The molecule has 3 amide bonds. The fourth-order valence-electron chi connectivity index (χ4n) is 3.16. The Labute approximate surface area is 170 Å². The van der Waals surface area contributed by atoms with Crippen LogP contribution in [0.25, 0.3) is 6.08 Å². The van der Waals surface area contributed by atoms with Crippen LogP contribution in [0.4, 0.5) is 18.9 Å². The number of hydrogen-bond donors (Lipinski definition) is 2. The molecule has 156 valence electrons. The SMILES string of the molecule is CC(=O)N1C=Cc2ccccc2C1CC(=O)NCC(=O)Nc1ccc(F)c(F)c1F. The minimum absolute atomic E-state index is 0.103. The second-order valence-corrected chi connectivity index (χ2v) is 6.64. The summed E-state index contributed by atoms with van der Waals surface area (Å²) in [6, 6.07) is 8.32. The Kier molecular flexibility index (Phi) is 6.20. The zero-order valence-electron chi connectivity index (χ0n) is 15.9. The number of carbonyl (C=O) groups excluding carboxylic acids is 3. The van der Waals surface area contributed by atoms with Crippen LogP contribution in [0, 0.1) is 17.5 Å². The van der Waals surface area contributed by atoms with Gasteiger partial charge in [0.15, 0.2) is 17.5 Å². The second kappa shape index (κ2) is 8.81. The summed E-state index contributed by atoms with van der Waals surface area (Å²) in [4.78, 5) is 37.7. The fraction of sp³-hybridized carbons (Fsp3) is 0.190. The first kappa shape index (κ1) is 21.1. The molecule has 2 aromatic carbocycles. The molecule has 0 aliphatic carbocycles. The summed E-state index contributed by atoms with van der Waals surface area (Å²) in [5.41, 5.74) is 1.13. The maximum absolute atomic E-state index is 13.6. The van der Waals surface area contributed by atoms with Crippen molar-refractivity contribution in [2.45, 2.75) is 19.4 Å². The zero-order valence-corrected chi connectivity index (χ0v) is 15.9. The number of nitrogens with one attached hydrogen (secondary N) is 2. The van der Waals surface area contributed by atoms with Crippen LogP contribution in [0.15, 0.2) is 42.6 Å². The minimum Gasteiger partial charge on any atom is -0.347 e. The van der Waals surface area contributed by atoms with Crippen molar-refractivity contribution < 1.29 is 27.6 Å². The van der Waals surface area contributed by atoms with Gasteiger partial charge < -0.3 is 15.5 Å². The molecular weight excluding hydrogens is 399 g/mol. The molecule has 2 N–H and O–H groups in total. The molecule has 1 atom stereocenters. The van der Waals surface area contributed by atoms with Crippen molar-refractivity contribution in [1.29, 1.82) is 0 Å². The van der Waals surface area contributed by atoms with Crippen LogP contribution in [-0.2, 0) is 14.4 Å². The van der Waals surface area contributed by atoms with Crippen molar-refractivity contribution in [1.82, 2.24) is 10.2 Å². The van der Waals surface area contributed by atoms with Crippen LogP contribution in [0.1, 0.15) is 30.5 Å². The van der Waals surface area contributed by atoms with Gasteiger partial charge in [0.1, 0.15) is 0 Å². The molecule has 0 radical (unpaired) electrons. The van der Waals surface area contributed by atoms with Gasteiger partial charge in [-0.15, -0.1) is 0 Å². The number of hydrogen-bond acceptors (Lipinski definition) is 3. The molecule has 1 aliphatic rings. The van der Waals surface area contributed by atoms with Crippen molar-refractivity contribution in [2.75, 3.05) is 11.9 Å². The van der Waals surface area contributed by atoms with Gasteiger partial charge in [0.2, 0.25) is 17.7 Å². The summed E-state index contributed by atoms with van der Waals surface area (Å²) >= 11 is 0. The van der Waals surface area contributed by atoms with Gasteiger partial charge in [-0.1, -0.05) is 24.3 Å². The summed E-state index contributed by atoms with van der Waals surface area (Å²) in [5.74, 6) is -6.19. The van der Waals surface area contributed by atoms with E-state index in [-0.39, 0.29) is 12.3 Å². The van der Waals surface area contributed by atoms with Gasteiger partial charge >= 0.3 is 0 Å². The number of fused-ring (bicyclic) bond motifs is 1. The van der Waals surface area contributed by atoms with Crippen LogP contribution >= 0.6 is 0 Å². The topological polar surface area (TPSA) is 78.5 Å². The Morgan fingerprint density at radius 3 is 2.47 bits per heavy atom. The van der Waals surface area contributed by atoms with Gasteiger partial charge in [0.05, 0.1) is 24.7 Å². The summed E-state index contributed by atoms with van der Waals surface area (Å²) < 4.78 is 39.8. The summed E-state index contributed by atoms with van der Waals surface area (Å²) in [6.07, 6.45) is 3.27. The standard InChI is InChI=1S/C21H18F3N3O3/c1-12(28)27-9-8-13-4-2-3-5-14(13)17(27)10-18(29)25-11-19(30)26-16-7-6-15(22)20(23)21(16)24/h2-9,17H,10-11H2,1H3,(H,25,29)(H,26,30). The van der Waals surface area contributed by atoms with Gasteiger partial charge in [-0.2, -0.15) is 0 Å². The predicted octanol–water partition coefficient (Wildman–Crippen LogP) is 3.12. The van der Waals surface area contributed by atoms with Crippen LogP contribution < -0.4 is 10.6 Å². The van der Waals surface area contributed by atoms with Crippen LogP contribution in [0.2, 0.25) is 0 Å². The van der Waals surface area contributed by atoms with E-state index in [0.717, 1.165) is 17.2 Å². The summed E-state index contributed by atoms with van der Waals surface area (Å²) in [6.45, 7) is 0.870. The van der Waals surface area contributed by atoms with Crippen molar-refractivity contribution in [3.8, 4) is 0 Å². The third-order valence-electron chi connectivity index (χ3n) is 4.60. The van der Waals surface area contributed by atoms with E-state index in [1.54, 1.807) is 18.3 Å². The van der Waals surface area contributed by atoms with E-state index in [9.17, 15) is 27.6 Å². The molecule has 3 rings (SSSR count). The lowest BCUT2D eigenvalue weighted by Gasteiger charge is -2.32. The molecule has 1 unspecified atom stereocenters. The Morgan fingerprint density at radius 2 is 1.73 bits per heavy atom. The average Bonchev–Trinajstić information content (AvgIpc) is 2.72. The lowest BCUT2D eigenvalue weighted by Crippen LogP contribution is -2.37. The molecule has 6 nitrogen and oxygen atoms in total. The highest BCUT2D eigenvalue weighted by atomic mass is 19.2. The Bertz CT molecular complexity index is 1040. The molecule has 0 aromatic heterocycles. The molecule has 0 fully saturated rings. The number of amides is 3. The van der Waals surface area contributed by atoms with Gasteiger partial charge in [0, 0.05) is 13.1 Å². The van der Waals surface area contributed by atoms with Crippen molar-refractivity contribution >= 4 is 29.5 Å². The molecule has 2 aromatic rings. The molecule has 0 bridgehead atoms. The molecule has 9 heteroatoms. The molecule has 1 aliphatic heterocycles. The first-order valence-corrected chi connectivity index (χ1v) is 9.04. The number of carbonyl (C=O) groups is 3. The monoisotopic (exact) mass is 417 g/mol. The van der Waals surface area contributed by atoms with Crippen molar-refractivity contribution in [2.24, 2.45) is 0 Å². The normalized spacial score (nSPS) is 14.8. The lowest BCUT2D eigenvalue weighted by atomic mass is 9.93. The average molecular weight is 417 g/mol. The minimum atomic E-state index is -1.70. The first-order valence-electron chi connectivity index (χ1n) is 9.04.